The van der Waals surface area contributed by atoms with Gasteiger partial charge in [0.15, 0.2) is 0 Å². The van der Waals surface area contributed by atoms with E-state index in [-0.39, 0.29) is 12.1 Å². The zero-order chi connectivity index (χ0) is 10.7. The van der Waals surface area contributed by atoms with Crippen molar-refractivity contribution in [3.05, 3.63) is 32.7 Å². The summed E-state index contributed by atoms with van der Waals surface area (Å²) >= 11 is 6.86. The Hall–Kier alpha value is 0.1000. The smallest absolute Gasteiger partial charge is 0.0449 e. The fraction of sp³-hybridized carbons (Fsp3) is 0.400. The van der Waals surface area contributed by atoms with Crippen molar-refractivity contribution in [1.29, 1.82) is 0 Å². The third kappa shape index (κ3) is 2.79. The molecule has 0 saturated heterocycles. The van der Waals surface area contributed by atoms with Crippen LogP contribution in [0.2, 0.25) is 0 Å². The van der Waals surface area contributed by atoms with Gasteiger partial charge in [-0.25, -0.2) is 0 Å². The number of hydrogen-bond acceptors (Lipinski definition) is 2. The molecular weight excluding hydrogens is 308 g/mol. The van der Waals surface area contributed by atoms with E-state index >= 15 is 0 Å². The highest BCUT2D eigenvalue weighted by molar-refractivity contribution is 9.13. The molecule has 0 heterocycles. The zero-order valence-electron chi connectivity index (χ0n) is 8.00. The molecule has 0 radical (unpaired) electrons. The Bertz CT molecular complexity index is 315. The summed E-state index contributed by atoms with van der Waals surface area (Å²) in [6.45, 7) is 2.04. The molecule has 2 unspecified atom stereocenters. The number of nitrogens with two attached hydrogens (primary N) is 2. The van der Waals surface area contributed by atoms with E-state index in [1.165, 1.54) is 0 Å². The monoisotopic (exact) mass is 320 g/mol. The largest absolute Gasteiger partial charge is 0.326 e. The lowest BCUT2D eigenvalue weighted by Crippen LogP contribution is -2.33. The van der Waals surface area contributed by atoms with E-state index in [4.69, 9.17) is 11.5 Å². The molecule has 0 amide bonds. The molecule has 0 aliphatic carbocycles. The number of benzene rings is 1. The van der Waals surface area contributed by atoms with E-state index in [9.17, 15) is 0 Å². The van der Waals surface area contributed by atoms with Gasteiger partial charge in [-0.2, -0.15) is 0 Å². The van der Waals surface area contributed by atoms with Crippen LogP contribution in [0.4, 0.5) is 0 Å². The Morgan fingerprint density at radius 2 is 1.86 bits per heavy atom. The highest BCUT2D eigenvalue weighted by Crippen LogP contribution is 2.26. The van der Waals surface area contributed by atoms with Gasteiger partial charge in [-0.3, -0.25) is 0 Å². The van der Waals surface area contributed by atoms with Crippen LogP contribution < -0.4 is 11.5 Å². The summed E-state index contributed by atoms with van der Waals surface area (Å²) in [7, 11) is 0. The Balaban J connectivity index is 2.91. The lowest BCUT2D eigenvalue weighted by Gasteiger charge is -2.19. The summed E-state index contributed by atoms with van der Waals surface area (Å²) in [4.78, 5) is 0. The van der Waals surface area contributed by atoms with Crippen LogP contribution in [0.15, 0.2) is 27.1 Å². The van der Waals surface area contributed by atoms with Crippen LogP contribution in [0.3, 0.4) is 0 Å². The first-order valence-electron chi connectivity index (χ1n) is 4.52. The van der Waals surface area contributed by atoms with Gasteiger partial charge in [-0.15, -0.1) is 0 Å². The second-order valence-electron chi connectivity index (χ2n) is 3.27. The molecule has 78 valence electrons. The highest BCUT2D eigenvalue weighted by atomic mass is 79.9. The summed E-state index contributed by atoms with van der Waals surface area (Å²) in [6.07, 6.45) is 0.884. The molecule has 0 aliphatic heterocycles. The second kappa shape index (κ2) is 5.26. The van der Waals surface area contributed by atoms with Crippen LogP contribution in [-0.2, 0) is 0 Å². The molecule has 0 aromatic heterocycles. The van der Waals surface area contributed by atoms with Crippen LogP contribution >= 0.6 is 31.9 Å². The maximum absolute atomic E-state index is 6.01. The summed E-state index contributed by atoms with van der Waals surface area (Å²) in [5.74, 6) is 0. The normalized spacial score (nSPS) is 15.2. The van der Waals surface area contributed by atoms with E-state index < -0.39 is 0 Å². The summed E-state index contributed by atoms with van der Waals surface area (Å²) in [6, 6.07) is 5.90. The van der Waals surface area contributed by atoms with Crippen molar-refractivity contribution in [2.24, 2.45) is 11.5 Å². The molecule has 2 atom stereocenters. The minimum Gasteiger partial charge on any atom is -0.326 e. The zero-order valence-corrected chi connectivity index (χ0v) is 11.2. The first kappa shape index (κ1) is 12.2. The summed E-state index contributed by atoms with van der Waals surface area (Å²) < 4.78 is 2.03. The van der Waals surface area contributed by atoms with Crippen molar-refractivity contribution in [3.63, 3.8) is 0 Å². The summed E-state index contributed by atoms with van der Waals surface area (Å²) in [5.41, 5.74) is 13.0. The Morgan fingerprint density at radius 3 is 2.36 bits per heavy atom. The van der Waals surface area contributed by atoms with Crippen molar-refractivity contribution >= 4 is 31.9 Å². The second-order valence-corrected chi connectivity index (χ2v) is 4.98. The number of hydrogen-bond donors (Lipinski definition) is 2. The first-order chi connectivity index (χ1) is 6.56. The minimum absolute atomic E-state index is 0.0167. The molecule has 1 aromatic rings. The predicted octanol–water partition coefficient (Wildman–Crippen LogP) is 2.95. The molecule has 1 aromatic carbocycles. The lowest BCUT2D eigenvalue weighted by molar-refractivity contribution is 0.532. The van der Waals surface area contributed by atoms with E-state index in [2.05, 4.69) is 31.9 Å². The molecule has 0 spiro atoms. The third-order valence-corrected chi connectivity index (χ3v) is 4.14. The Kier molecular flexibility index (Phi) is 4.57. The van der Waals surface area contributed by atoms with Crippen molar-refractivity contribution in [2.45, 2.75) is 25.4 Å². The molecule has 2 nitrogen and oxygen atoms in total. The average molecular weight is 322 g/mol. The third-order valence-electron chi connectivity index (χ3n) is 2.26. The van der Waals surface area contributed by atoms with E-state index in [1.54, 1.807) is 0 Å². The van der Waals surface area contributed by atoms with Crippen molar-refractivity contribution in [3.8, 4) is 0 Å². The Labute approximate surface area is 101 Å². The molecular formula is C10H14Br2N2. The Morgan fingerprint density at radius 1 is 1.21 bits per heavy atom. The van der Waals surface area contributed by atoms with Gasteiger partial charge in [-0.05, 0) is 56.0 Å². The predicted molar refractivity (Wildman–Crippen MR) is 67.0 cm³/mol. The minimum atomic E-state index is -0.0931. The molecule has 1 rings (SSSR count). The number of rotatable bonds is 3. The molecule has 4 N–H and O–H groups in total. The van der Waals surface area contributed by atoms with Gasteiger partial charge in [-0.1, -0.05) is 13.0 Å². The van der Waals surface area contributed by atoms with E-state index in [0.717, 1.165) is 20.9 Å². The fourth-order valence-electron chi connectivity index (χ4n) is 1.22. The van der Waals surface area contributed by atoms with Gasteiger partial charge in [0, 0.05) is 21.0 Å². The number of halogens is 2. The standard InChI is InChI=1S/C10H14Br2N2/c1-2-9(13)10(14)6-3-4-7(11)8(12)5-6/h3-5,9-10H,2,13-14H2,1H3. The fourth-order valence-corrected chi connectivity index (χ4v) is 1.86. The van der Waals surface area contributed by atoms with Crippen LogP contribution in [0.1, 0.15) is 24.9 Å². The van der Waals surface area contributed by atoms with Crippen LogP contribution in [0, 0.1) is 0 Å². The highest BCUT2D eigenvalue weighted by Gasteiger charge is 2.14. The molecule has 0 aliphatic rings. The van der Waals surface area contributed by atoms with Crippen molar-refractivity contribution in [2.75, 3.05) is 0 Å². The quantitative estimate of drug-likeness (QED) is 0.899. The van der Waals surface area contributed by atoms with Gasteiger partial charge in [0.05, 0.1) is 0 Å². The van der Waals surface area contributed by atoms with E-state index in [0.29, 0.717) is 0 Å². The maximum atomic E-state index is 6.01. The van der Waals surface area contributed by atoms with Gasteiger partial charge < -0.3 is 11.5 Å². The molecule has 14 heavy (non-hydrogen) atoms. The van der Waals surface area contributed by atoms with Gasteiger partial charge in [0.25, 0.3) is 0 Å². The summed E-state index contributed by atoms with van der Waals surface area (Å²) in [5, 5.41) is 0. The van der Waals surface area contributed by atoms with Crippen molar-refractivity contribution in [1.82, 2.24) is 0 Å². The SMILES string of the molecule is CCC(N)C(N)c1ccc(Br)c(Br)c1. The maximum Gasteiger partial charge on any atom is 0.0449 e. The van der Waals surface area contributed by atoms with Gasteiger partial charge >= 0.3 is 0 Å². The van der Waals surface area contributed by atoms with Crippen molar-refractivity contribution < 1.29 is 0 Å². The molecule has 0 bridgehead atoms. The van der Waals surface area contributed by atoms with E-state index in [1.807, 2.05) is 25.1 Å². The molecule has 0 saturated carbocycles. The topological polar surface area (TPSA) is 52.0 Å². The van der Waals surface area contributed by atoms with Crippen LogP contribution in [0.25, 0.3) is 0 Å². The average Bonchev–Trinajstić information content (AvgIpc) is 2.20. The molecule has 0 fully saturated rings. The van der Waals surface area contributed by atoms with Gasteiger partial charge in [0.2, 0.25) is 0 Å². The van der Waals surface area contributed by atoms with Gasteiger partial charge in [0.1, 0.15) is 0 Å². The van der Waals surface area contributed by atoms with Crippen LogP contribution in [-0.4, -0.2) is 6.04 Å². The lowest BCUT2D eigenvalue weighted by atomic mass is 9.99. The first-order valence-corrected chi connectivity index (χ1v) is 6.11. The molecule has 4 heteroatoms. The van der Waals surface area contributed by atoms with Crippen LogP contribution in [0.5, 0.6) is 0 Å².